The van der Waals surface area contributed by atoms with Crippen LogP contribution in [0, 0.1) is 3.57 Å². The van der Waals surface area contributed by atoms with Crippen LogP contribution in [0.5, 0.6) is 0 Å². The molecule has 3 aliphatic rings. The van der Waals surface area contributed by atoms with Crippen LogP contribution in [0.1, 0.15) is 84.0 Å². The maximum Gasteiger partial charge on any atom is 0.253 e. The van der Waals surface area contributed by atoms with Gasteiger partial charge >= 0.3 is 0 Å². The number of aromatic amines is 3. The number of nitrogens with zero attached hydrogens (tertiary/aromatic N) is 5. The number of benzene rings is 5. The summed E-state index contributed by atoms with van der Waals surface area (Å²) in [5, 5.41) is 7.90. The zero-order valence-corrected chi connectivity index (χ0v) is 58.1. The van der Waals surface area contributed by atoms with Crippen molar-refractivity contribution < 1.29 is 30.0 Å². The van der Waals surface area contributed by atoms with Crippen molar-refractivity contribution >= 4 is 146 Å². The smallest absolute Gasteiger partial charge is 0.253 e. The van der Waals surface area contributed by atoms with Gasteiger partial charge < -0.3 is 59.2 Å². The number of carbonyl (C=O) groups excluding carboxylic acids is 2. The van der Waals surface area contributed by atoms with Crippen LogP contribution in [0.15, 0.2) is 134 Å². The zero-order valence-electron chi connectivity index (χ0n) is 49.3. The Balaban J connectivity index is 0.000000234. The number of amides is 2. The Kier molecular flexibility index (Phi) is 27.0. The van der Waals surface area contributed by atoms with Crippen LogP contribution in [-0.4, -0.2) is 141 Å². The molecule has 5 aromatic carbocycles. The summed E-state index contributed by atoms with van der Waals surface area (Å²) in [4.78, 5) is 51.3. The maximum absolute atomic E-state index is 12.7. The lowest BCUT2D eigenvalue weighted by molar-refractivity contribution is 0.0903. The summed E-state index contributed by atoms with van der Waals surface area (Å²) in [5.74, 6) is -0.156. The van der Waals surface area contributed by atoms with Gasteiger partial charge in [0.05, 0.1) is 51.5 Å². The number of anilines is 3. The van der Waals surface area contributed by atoms with E-state index in [1.807, 2.05) is 52.2 Å². The third-order valence-corrected chi connectivity index (χ3v) is 16.3. The molecule has 0 saturated carbocycles. The lowest BCUT2D eigenvalue weighted by Crippen LogP contribution is -2.40. The molecular formula is C67H86I4N10O6. The van der Waals surface area contributed by atoms with Crippen LogP contribution >= 0.6 is 83.8 Å². The number of hydrogen-bond donors (Lipinski definition) is 5. The summed E-state index contributed by atoms with van der Waals surface area (Å²) < 4.78 is 22.7. The fourth-order valence-corrected chi connectivity index (χ4v) is 11.6. The van der Waals surface area contributed by atoms with Crippen molar-refractivity contribution in [2.45, 2.75) is 91.7 Å². The molecule has 5 N–H and O–H groups in total. The molecule has 468 valence electrons. The molecule has 2 amide bonds. The number of hydrogen-bond acceptors (Lipinski definition) is 11. The zero-order chi connectivity index (χ0) is 59.5. The Hall–Kier alpha value is -5.10. The SMILES string of the molecule is C.C.COC1CCN(c2cccc(-c3ccc4[nH]cc(C(=O)NC(C)(C)C)c4c3)c2)C1.COC1CCN(c2cccc(-c3cnc4[nH]cc(I)c4n3)c2)C1.COC[C@H](C)NC(=O)c1c[nH]c2ccc(-c3cccc(N4CCC(OC)C4)c3)cc12.I.II.[2HH]. The summed E-state index contributed by atoms with van der Waals surface area (Å²) in [6.45, 7) is 14.2. The first-order chi connectivity index (χ1) is 40.7. The Morgan fingerprint density at radius 1 is 0.632 bits per heavy atom. The van der Waals surface area contributed by atoms with Gasteiger partial charge in [-0.2, -0.15) is 0 Å². The highest BCUT2D eigenvalue weighted by molar-refractivity contribution is 15.0. The van der Waals surface area contributed by atoms with Gasteiger partial charge in [-0.05, 0) is 152 Å². The van der Waals surface area contributed by atoms with Crippen molar-refractivity contribution in [2.75, 3.05) is 89.0 Å². The second kappa shape index (κ2) is 33.1. The van der Waals surface area contributed by atoms with Gasteiger partial charge in [0, 0.05) is 181 Å². The number of aromatic nitrogens is 5. The van der Waals surface area contributed by atoms with E-state index in [-0.39, 0.29) is 63.7 Å². The van der Waals surface area contributed by atoms with Gasteiger partial charge in [-0.15, -0.1) is 24.0 Å². The first-order valence-electron chi connectivity index (χ1n) is 28.3. The molecule has 3 unspecified atom stereocenters. The Morgan fingerprint density at radius 3 is 1.51 bits per heavy atom. The molecule has 20 heteroatoms. The molecule has 3 fully saturated rings. The number of nitrogens with one attached hydrogen (secondary N) is 5. The van der Waals surface area contributed by atoms with Crippen LogP contribution in [-0.2, 0) is 18.9 Å². The molecule has 0 bridgehead atoms. The fraction of sp³-hybridized carbons (Fsp3) is 0.373. The molecule has 0 spiro atoms. The minimum Gasteiger partial charge on any atom is -0.383 e. The largest absolute Gasteiger partial charge is 0.383 e. The monoisotopic (exact) mass is 1640 g/mol. The molecule has 12 rings (SSSR count). The van der Waals surface area contributed by atoms with Gasteiger partial charge in [-0.25, -0.2) is 9.97 Å². The number of methoxy groups -OCH3 is 4. The van der Waals surface area contributed by atoms with E-state index in [1.165, 1.54) is 17.1 Å². The van der Waals surface area contributed by atoms with Crippen molar-refractivity contribution in [1.29, 1.82) is 0 Å². The second-order valence-corrected chi connectivity index (χ2v) is 23.6. The van der Waals surface area contributed by atoms with E-state index in [0.717, 1.165) is 129 Å². The highest BCUT2D eigenvalue weighted by Crippen LogP contribution is 2.34. The van der Waals surface area contributed by atoms with E-state index in [4.69, 9.17) is 23.9 Å². The van der Waals surface area contributed by atoms with E-state index >= 15 is 0 Å². The Morgan fingerprint density at radius 2 is 1.07 bits per heavy atom. The van der Waals surface area contributed by atoms with Gasteiger partial charge in [0.15, 0.2) is 5.65 Å². The molecule has 87 heavy (non-hydrogen) atoms. The number of H-pyrrole nitrogens is 3. The van der Waals surface area contributed by atoms with Crippen LogP contribution < -0.4 is 25.3 Å². The molecule has 4 aromatic heterocycles. The number of rotatable bonds is 14. The number of carbonyl (C=O) groups is 2. The fourth-order valence-electron chi connectivity index (χ4n) is 11.1. The molecule has 9 aromatic rings. The number of halogens is 4. The van der Waals surface area contributed by atoms with Crippen LogP contribution in [0.25, 0.3) is 66.5 Å². The van der Waals surface area contributed by atoms with E-state index in [1.54, 1.807) is 40.8 Å². The lowest BCUT2D eigenvalue weighted by Gasteiger charge is -2.20. The topological polar surface area (TPSA) is 178 Å². The van der Waals surface area contributed by atoms with E-state index in [9.17, 15) is 9.59 Å². The summed E-state index contributed by atoms with van der Waals surface area (Å²) in [7, 11) is 6.98. The Bertz CT molecular complexity index is 3690. The van der Waals surface area contributed by atoms with Crippen molar-refractivity contribution in [3.05, 3.63) is 149 Å². The predicted octanol–water partition coefficient (Wildman–Crippen LogP) is 15.8. The summed E-state index contributed by atoms with van der Waals surface area (Å²) in [6, 6.07) is 38.1. The second-order valence-electron chi connectivity index (χ2n) is 22.5. The molecule has 4 atom stereocenters. The number of fused-ring (bicyclic) bond motifs is 3. The van der Waals surface area contributed by atoms with Gasteiger partial charge in [-0.3, -0.25) is 9.59 Å². The van der Waals surface area contributed by atoms with Gasteiger partial charge in [0.1, 0.15) is 5.52 Å². The normalized spacial score (nSPS) is 16.5. The average molecular weight is 1640 g/mol. The van der Waals surface area contributed by atoms with Gasteiger partial charge in [0.25, 0.3) is 11.8 Å². The van der Waals surface area contributed by atoms with E-state index in [0.29, 0.717) is 36.0 Å². The third-order valence-electron chi connectivity index (χ3n) is 15.5. The first-order valence-corrected chi connectivity index (χ1v) is 35.7. The van der Waals surface area contributed by atoms with E-state index < -0.39 is 0 Å². The lowest BCUT2D eigenvalue weighted by atomic mass is 10.0. The summed E-state index contributed by atoms with van der Waals surface area (Å²) >= 11 is 6.52. The summed E-state index contributed by atoms with van der Waals surface area (Å²) in [6.07, 6.45) is 11.4. The van der Waals surface area contributed by atoms with Crippen LogP contribution in [0.4, 0.5) is 17.1 Å². The van der Waals surface area contributed by atoms with Gasteiger partial charge in [-0.1, -0.05) is 63.4 Å². The minimum absolute atomic E-state index is 0. The third kappa shape index (κ3) is 17.9. The van der Waals surface area contributed by atoms with Gasteiger partial charge in [0.2, 0.25) is 0 Å². The average Bonchev–Trinajstić information content (AvgIpc) is 3.22. The minimum atomic E-state index is -0.275. The molecular weight excluding hydrogens is 1550 g/mol. The van der Waals surface area contributed by atoms with Crippen molar-refractivity contribution in [2.24, 2.45) is 0 Å². The Labute approximate surface area is 568 Å². The standard InChI is InChI=1S/C24H29N3O3.C24H29N3O2.C17H17IN4O.2CH4.I2.HI.H2/c1-16(15-29-2)26-24(28)22-13-25-23-8-7-18(12-21(22)23)17-5-4-6-19(11-17)27-10-9-20(14-27)30-3;1-24(2,3)26-23(28)21-14-25-22-9-8-17(13-20(21)22)16-6-5-7-18(12-16)27-11-10-19(15-27)29-4;1-23-13-5-6-22(10-13)12-4-2-3-11(7-12)15-9-20-17-16(21-15)14(18)8-19-17;;;1-2;;/h4-8,11-13,16,20,25H,9-10,14-15H2,1-3H3,(H,26,28);5-9,12-14,19,25H,10-11,15H2,1-4H3,(H,26,28);2-4,7-9,13H,5-6,10H2,1H3,(H,19,20);2*1H4;;2*1H/t16-,20?;;;;;;;/m0......./s1/i;;;;;;;1+1. The molecule has 0 radical (unpaired) electrons. The molecule has 16 nitrogen and oxygen atoms in total. The highest BCUT2D eigenvalue weighted by Gasteiger charge is 2.26. The number of ether oxygens (including phenoxy) is 4. The highest BCUT2D eigenvalue weighted by atomic mass is 128. The van der Waals surface area contributed by atoms with Crippen LogP contribution in [0.2, 0.25) is 0 Å². The molecule has 0 aliphatic carbocycles. The van der Waals surface area contributed by atoms with Crippen LogP contribution in [0.3, 0.4) is 0 Å². The van der Waals surface area contributed by atoms with E-state index in [2.05, 4.69) is 202 Å². The molecule has 3 saturated heterocycles. The predicted molar refractivity (Wildman–Crippen MR) is 397 cm³/mol. The van der Waals surface area contributed by atoms with Crippen molar-refractivity contribution in [3.8, 4) is 33.5 Å². The van der Waals surface area contributed by atoms with Crippen molar-refractivity contribution in [1.82, 2.24) is 35.6 Å². The quantitative estimate of drug-likeness (QED) is 0.0655. The molecule has 7 heterocycles. The molecule has 3 aliphatic heterocycles. The maximum atomic E-state index is 12.7. The summed E-state index contributed by atoms with van der Waals surface area (Å²) in [5.41, 5.74) is 14.8. The van der Waals surface area contributed by atoms with Crippen molar-refractivity contribution in [3.63, 3.8) is 0 Å². The first kappa shape index (κ1) is 71.0.